The van der Waals surface area contributed by atoms with Gasteiger partial charge in [-0.05, 0) is 55.3 Å². The fourth-order valence-electron chi connectivity index (χ4n) is 4.03. The van der Waals surface area contributed by atoms with E-state index in [0.29, 0.717) is 42.1 Å². The van der Waals surface area contributed by atoms with Gasteiger partial charge in [-0.15, -0.1) is 0 Å². The second kappa shape index (κ2) is 11.4. The maximum absolute atomic E-state index is 12.9. The summed E-state index contributed by atoms with van der Waals surface area (Å²) >= 11 is 1.34. The van der Waals surface area contributed by atoms with Crippen molar-refractivity contribution in [2.24, 2.45) is 4.99 Å². The van der Waals surface area contributed by atoms with Crippen molar-refractivity contribution in [1.82, 2.24) is 4.90 Å². The van der Waals surface area contributed by atoms with E-state index < -0.39 is 5.91 Å². The van der Waals surface area contributed by atoms with Gasteiger partial charge in [-0.25, -0.2) is 0 Å². The van der Waals surface area contributed by atoms with E-state index in [1.807, 2.05) is 79.9 Å². The summed E-state index contributed by atoms with van der Waals surface area (Å²) in [6.45, 7) is 5.11. The third kappa shape index (κ3) is 5.50. The lowest BCUT2D eigenvalue weighted by molar-refractivity contribution is -0.114. The Morgan fingerprint density at radius 2 is 1.71 bits per heavy atom. The molecule has 0 spiro atoms. The van der Waals surface area contributed by atoms with Crippen LogP contribution in [0.1, 0.15) is 23.6 Å². The highest BCUT2D eigenvalue weighted by molar-refractivity contribution is 8.17. The monoisotopic (exact) mass is 525 g/mol. The first-order valence-corrected chi connectivity index (χ1v) is 13.2. The number of nitrogens with zero attached hydrogens (tertiary/aromatic N) is 2. The largest absolute Gasteiger partial charge is 0.490 e. The molecule has 3 aromatic carbocycles. The van der Waals surface area contributed by atoms with Crippen molar-refractivity contribution >= 4 is 40.4 Å². The minimum Gasteiger partial charge on any atom is -0.490 e. The van der Waals surface area contributed by atoms with Gasteiger partial charge >= 0.3 is 0 Å². The van der Waals surface area contributed by atoms with Crippen molar-refractivity contribution in [3.63, 3.8) is 0 Å². The van der Waals surface area contributed by atoms with E-state index in [9.17, 15) is 4.79 Å². The van der Waals surface area contributed by atoms with Gasteiger partial charge in [0.25, 0.3) is 5.91 Å². The van der Waals surface area contributed by atoms with Crippen molar-refractivity contribution in [2.75, 3.05) is 19.8 Å². The number of thioether (sulfide) groups is 1. The highest BCUT2D eigenvalue weighted by atomic mass is 32.2. The zero-order valence-corrected chi connectivity index (χ0v) is 22.0. The molecule has 8 heteroatoms. The van der Waals surface area contributed by atoms with Crippen LogP contribution in [-0.4, -0.2) is 41.6 Å². The molecule has 192 valence electrons. The molecule has 0 radical (unpaired) electrons. The van der Waals surface area contributed by atoms with Crippen LogP contribution >= 0.6 is 11.8 Å². The van der Waals surface area contributed by atoms with Gasteiger partial charge in [-0.3, -0.25) is 15.1 Å². The number of aryl methyl sites for hydroxylation is 1. The third-order valence-corrected chi connectivity index (χ3v) is 6.72. The van der Waals surface area contributed by atoms with Gasteiger partial charge in [0.05, 0.1) is 17.9 Å². The standard InChI is InChI=1S/C30H27N3O4S/c1-3-35-27-18-21(11-14-26(27)37-16-15-36-23-12-9-20(2)10-13-23)17-24-28(31)33-25(22-7-5-4-6-8-22)19-38-30(33)32-29(24)34/h4-14,17-19,31H,3,15-16H2,1-2H3/b24-17+,31-28?. The number of amides is 1. The van der Waals surface area contributed by atoms with E-state index in [0.717, 1.165) is 17.0 Å². The van der Waals surface area contributed by atoms with Crippen molar-refractivity contribution < 1.29 is 19.0 Å². The minimum absolute atomic E-state index is 0.0895. The lowest BCUT2D eigenvalue weighted by atomic mass is 10.1. The van der Waals surface area contributed by atoms with Crippen molar-refractivity contribution in [3.05, 3.63) is 100 Å². The molecule has 0 fully saturated rings. The van der Waals surface area contributed by atoms with Crippen molar-refractivity contribution in [2.45, 2.75) is 13.8 Å². The van der Waals surface area contributed by atoms with Crippen molar-refractivity contribution in [3.8, 4) is 17.2 Å². The summed E-state index contributed by atoms with van der Waals surface area (Å²) in [7, 11) is 0. The Kier molecular flexibility index (Phi) is 7.60. The number of carbonyl (C=O) groups excluding carboxylic acids is 1. The molecule has 2 aliphatic heterocycles. The fraction of sp³-hybridized carbons (Fsp3) is 0.167. The first-order chi connectivity index (χ1) is 18.5. The number of hydrogen-bond acceptors (Lipinski definition) is 6. The average Bonchev–Trinajstić information content (AvgIpc) is 3.35. The Hall–Kier alpha value is -4.30. The van der Waals surface area contributed by atoms with Crippen molar-refractivity contribution in [1.29, 1.82) is 5.41 Å². The SMILES string of the molecule is CCOc1cc(/C=C2\C(=N)N3C(c4ccccc4)=CSC3=NC2=O)ccc1OCCOc1ccc(C)cc1. The predicted octanol–water partition coefficient (Wildman–Crippen LogP) is 6.16. The number of rotatable bonds is 9. The highest BCUT2D eigenvalue weighted by Crippen LogP contribution is 2.37. The van der Waals surface area contributed by atoms with E-state index >= 15 is 0 Å². The van der Waals surface area contributed by atoms with Crippen LogP contribution < -0.4 is 14.2 Å². The first-order valence-electron chi connectivity index (χ1n) is 12.3. The van der Waals surface area contributed by atoms with Crippen LogP contribution in [0.25, 0.3) is 11.8 Å². The van der Waals surface area contributed by atoms with Crippen LogP contribution in [-0.2, 0) is 4.79 Å². The van der Waals surface area contributed by atoms with Gasteiger partial charge in [0, 0.05) is 5.41 Å². The van der Waals surface area contributed by atoms with E-state index in [2.05, 4.69) is 4.99 Å². The number of aliphatic imine (C=N–C) groups is 1. The molecule has 3 aromatic rings. The molecule has 0 aliphatic carbocycles. The summed E-state index contributed by atoms with van der Waals surface area (Å²) in [6, 6.07) is 23.1. The molecule has 5 rings (SSSR count). The molecule has 1 amide bonds. The number of ether oxygens (including phenoxy) is 3. The Bertz CT molecular complexity index is 1450. The van der Waals surface area contributed by atoms with Gasteiger partial charge in [-0.2, -0.15) is 4.99 Å². The van der Waals surface area contributed by atoms with Crippen LogP contribution in [0.3, 0.4) is 0 Å². The normalized spacial score (nSPS) is 15.7. The van der Waals surface area contributed by atoms with E-state index in [-0.39, 0.29) is 11.4 Å². The summed E-state index contributed by atoms with van der Waals surface area (Å²) in [5.74, 6) is 1.57. The molecule has 0 saturated carbocycles. The Labute approximate surface area is 225 Å². The quantitative estimate of drug-likeness (QED) is 0.266. The number of benzene rings is 3. The fourth-order valence-corrected chi connectivity index (χ4v) is 4.92. The molecule has 0 saturated heterocycles. The summed E-state index contributed by atoms with van der Waals surface area (Å²) in [5.41, 5.74) is 3.87. The van der Waals surface area contributed by atoms with E-state index in [1.54, 1.807) is 23.1 Å². The Balaban J connectivity index is 1.32. The summed E-state index contributed by atoms with van der Waals surface area (Å²) < 4.78 is 17.5. The van der Waals surface area contributed by atoms with Gasteiger partial charge in [0.1, 0.15) is 24.8 Å². The van der Waals surface area contributed by atoms with Crippen LogP contribution in [0.15, 0.2) is 88.8 Å². The number of fused-ring (bicyclic) bond motifs is 1. The molecule has 0 unspecified atom stereocenters. The lowest BCUT2D eigenvalue weighted by Crippen LogP contribution is -2.38. The Morgan fingerprint density at radius 1 is 0.947 bits per heavy atom. The third-order valence-electron chi connectivity index (χ3n) is 5.89. The molecule has 0 atom stereocenters. The van der Waals surface area contributed by atoms with Crippen LogP contribution in [0.4, 0.5) is 0 Å². The molecule has 0 bridgehead atoms. The van der Waals surface area contributed by atoms with Gasteiger partial charge in [0.2, 0.25) is 0 Å². The van der Waals surface area contributed by atoms with Gasteiger partial charge in [0.15, 0.2) is 16.7 Å². The number of hydrogen-bond donors (Lipinski definition) is 1. The minimum atomic E-state index is -0.442. The second-order valence-corrected chi connectivity index (χ2v) is 9.41. The maximum Gasteiger partial charge on any atom is 0.283 e. The highest BCUT2D eigenvalue weighted by Gasteiger charge is 2.36. The summed E-state index contributed by atoms with van der Waals surface area (Å²) in [5, 5.41) is 11.2. The van der Waals surface area contributed by atoms with Crippen LogP contribution in [0.5, 0.6) is 17.2 Å². The average molecular weight is 526 g/mol. The molecule has 1 N–H and O–H groups in total. The smallest absolute Gasteiger partial charge is 0.283 e. The second-order valence-electron chi connectivity index (χ2n) is 8.58. The molecule has 38 heavy (non-hydrogen) atoms. The topological polar surface area (TPSA) is 84.2 Å². The molecule has 7 nitrogen and oxygen atoms in total. The zero-order chi connectivity index (χ0) is 26.5. The molecular formula is C30H27N3O4S. The van der Waals surface area contributed by atoms with E-state index in [1.165, 1.54) is 17.3 Å². The zero-order valence-electron chi connectivity index (χ0n) is 21.1. The Morgan fingerprint density at radius 3 is 2.47 bits per heavy atom. The van der Waals surface area contributed by atoms with Crippen LogP contribution in [0.2, 0.25) is 0 Å². The molecular weight excluding hydrogens is 498 g/mol. The van der Waals surface area contributed by atoms with Crippen LogP contribution in [0, 0.1) is 12.3 Å². The summed E-state index contributed by atoms with van der Waals surface area (Å²) in [6.07, 6.45) is 1.67. The molecule has 2 aliphatic rings. The predicted molar refractivity (Wildman–Crippen MR) is 152 cm³/mol. The van der Waals surface area contributed by atoms with Gasteiger partial charge < -0.3 is 14.2 Å². The molecule has 0 aromatic heterocycles. The number of carbonyl (C=O) groups is 1. The summed E-state index contributed by atoms with van der Waals surface area (Å²) in [4.78, 5) is 18.8. The number of amidine groups is 2. The number of nitrogens with one attached hydrogen (secondary N) is 1. The maximum atomic E-state index is 12.9. The lowest BCUT2D eigenvalue weighted by Gasteiger charge is -2.27. The van der Waals surface area contributed by atoms with Gasteiger partial charge in [-0.1, -0.05) is 65.9 Å². The van der Waals surface area contributed by atoms with E-state index in [4.69, 9.17) is 19.6 Å². The first kappa shape index (κ1) is 25.4. The molecule has 2 heterocycles.